The van der Waals surface area contributed by atoms with Crippen molar-refractivity contribution in [2.75, 3.05) is 6.61 Å². The van der Waals surface area contributed by atoms with Crippen molar-refractivity contribution in [3.8, 4) is 17.2 Å². The van der Waals surface area contributed by atoms with Crippen LogP contribution in [-0.4, -0.2) is 36.3 Å². The van der Waals surface area contributed by atoms with Gasteiger partial charge in [0, 0.05) is 0 Å². The largest absolute Gasteiger partial charge is 0.504 e. The van der Waals surface area contributed by atoms with E-state index in [4.69, 9.17) is 0 Å². The molecule has 0 aliphatic rings. The fourth-order valence-corrected chi connectivity index (χ4v) is 3.29. The normalized spacial score (nSPS) is 11.5. The van der Waals surface area contributed by atoms with Gasteiger partial charge < -0.3 is 19.5 Å². The highest BCUT2D eigenvalue weighted by Gasteiger charge is 2.22. The Balaban J connectivity index is 2.23. The smallest absolute Gasteiger partial charge is 0.451 e. The average molecular weight is 419 g/mol. The van der Waals surface area contributed by atoms with Gasteiger partial charge in [0.2, 0.25) is 0 Å². The molecule has 0 aliphatic heterocycles. The Morgan fingerprint density at radius 2 is 1.32 bits per heavy atom. The Bertz CT molecular complexity index is 692. The Kier molecular flexibility index (Phi) is 10.7. The van der Waals surface area contributed by atoms with E-state index < -0.39 is 39.2 Å². The Hall–Kier alpha value is -2.00. The van der Waals surface area contributed by atoms with Crippen molar-refractivity contribution < 1.29 is 36.9 Å². The Labute approximate surface area is 166 Å². The molecule has 0 saturated heterocycles. The number of carbonyl (C=O) groups is 1. The molecule has 0 amide bonds. The molecule has 1 rings (SSSR count). The molecule has 0 bridgehead atoms. The SMILES string of the molecule is CCCCCCCCCCCCOS(=O)(=O)OC(=O)c1cc(O)c(O)c(O)c1. The van der Waals surface area contributed by atoms with Crippen LogP contribution < -0.4 is 0 Å². The highest BCUT2D eigenvalue weighted by Crippen LogP contribution is 2.35. The lowest BCUT2D eigenvalue weighted by Crippen LogP contribution is -2.16. The van der Waals surface area contributed by atoms with Gasteiger partial charge >= 0.3 is 16.4 Å². The van der Waals surface area contributed by atoms with Crippen LogP contribution in [0.4, 0.5) is 0 Å². The zero-order valence-corrected chi connectivity index (χ0v) is 17.0. The Morgan fingerprint density at radius 3 is 1.82 bits per heavy atom. The van der Waals surface area contributed by atoms with Gasteiger partial charge in [-0.1, -0.05) is 64.7 Å². The van der Waals surface area contributed by atoms with Crippen LogP contribution >= 0.6 is 0 Å². The predicted molar refractivity (Wildman–Crippen MR) is 104 cm³/mol. The molecule has 0 radical (unpaired) electrons. The van der Waals surface area contributed by atoms with E-state index in [-0.39, 0.29) is 6.61 Å². The molecule has 28 heavy (non-hydrogen) atoms. The van der Waals surface area contributed by atoms with Crippen LogP contribution in [0.2, 0.25) is 0 Å². The van der Waals surface area contributed by atoms with Crippen molar-refractivity contribution in [2.24, 2.45) is 0 Å². The lowest BCUT2D eigenvalue weighted by molar-refractivity contribution is 0.0710. The first-order valence-corrected chi connectivity index (χ1v) is 11.0. The third kappa shape index (κ3) is 9.27. The number of rotatable bonds is 14. The molecule has 0 spiro atoms. The number of unbranched alkanes of at least 4 members (excludes halogenated alkanes) is 9. The fraction of sp³-hybridized carbons (Fsp3) is 0.632. The van der Waals surface area contributed by atoms with E-state index in [1.807, 2.05) is 0 Å². The van der Waals surface area contributed by atoms with Gasteiger partial charge in [0.15, 0.2) is 17.2 Å². The molecular formula is C19H30O8S. The van der Waals surface area contributed by atoms with Crippen molar-refractivity contribution in [3.05, 3.63) is 17.7 Å². The molecule has 1 aromatic carbocycles. The van der Waals surface area contributed by atoms with E-state index in [2.05, 4.69) is 15.3 Å². The fourth-order valence-electron chi connectivity index (χ4n) is 2.64. The summed E-state index contributed by atoms with van der Waals surface area (Å²) in [7, 11) is -4.55. The second kappa shape index (κ2) is 12.5. The van der Waals surface area contributed by atoms with Crippen LogP contribution in [-0.2, 0) is 18.8 Å². The van der Waals surface area contributed by atoms with E-state index in [0.29, 0.717) is 6.42 Å². The monoisotopic (exact) mass is 418 g/mol. The average Bonchev–Trinajstić information content (AvgIpc) is 2.63. The number of phenolic OH excluding ortho intramolecular Hbond substituents is 3. The van der Waals surface area contributed by atoms with Crippen LogP contribution in [0.3, 0.4) is 0 Å². The van der Waals surface area contributed by atoms with E-state index in [9.17, 15) is 28.5 Å². The van der Waals surface area contributed by atoms with Gasteiger partial charge in [-0.2, -0.15) is 8.42 Å². The first kappa shape index (κ1) is 24.0. The number of phenols is 3. The minimum absolute atomic E-state index is 0.0990. The lowest BCUT2D eigenvalue weighted by Gasteiger charge is -2.07. The molecule has 0 unspecified atom stereocenters. The molecular weight excluding hydrogens is 388 g/mol. The number of benzene rings is 1. The lowest BCUT2D eigenvalue weighted by atomic mass is 10.1. The van der Waals surface area contributed by atoms with Crippen molar-refractivity contribution >= 4 is 16.4 Å². The first-order valence-electron chi connectivity index (χ1n) is 9.65. The van der Waals surface area contributed by atoms with Crippen LogP contribution in [0.15, 0.2) is 12.1 Å². The summed E-state index contributed by atoms with van der Waals surface area (Å²) < 4.78 is 32.2. The molecule has 9 heteroatoms. The summed E-state index contributed by atoms with van der Waals surface area (Å²) in [5.74, 6) is -3.73. The summed E-state index contributed by atoms with van der Waals surface area (Å²) in [6.45, 7) is 2.09. The summed E-state index contributed by atoms with van der Waals surface area (Å²) >= 11 is 0. The molecule has 0 saturated carbocycles. The van der Waals surface area contributed by atoms with E-state index >= 15 is 0 Å². The van der Waals surface area contributed by atoms with Crippen molar-refractivity contribution in [1.82, 2.24) is 0 Å². The zero-order valence-electron chi connectivity index (χ0n) is 16.2. The first-order chi connectivity index (χ1) is 13.3. The molecule has 160 valence electrons. The predicted octanol–water partition coefficient (Wildman–Crippen LogP) is 4.14. The van der Waals surface area contributed by atoms with Crippen LogP contribution in [0.5, 0.6) is 17.2 Å². The van der Waals surface area contributed by atoms with E-state index in [1.165, 1.54) is 38.5 Å². The molecule has 0 heterocycles. The van der Waals surface area contributed by atoms with E-state index in [0.717, 1.165) is 31.4 Å². The van der Waals surface area contributed by atoms with Gasteiger partial charge in [-0.15, -0.1) is 0 Å². The minimum atomic E-state index is -4.55. The molecule has 0 fully saturated rings. The summed E-state index contributed by atoms with van der Waals surface area (Å²) in [6, 6.07) is 1.55. The second-order valence-electron chi connectivity index (χ2n) is 6.65. The van der Waals surface area contributed by atoms with Gasteiger partial charge in [0.25, 0.3) is 0 Å². The standard InChI is InChI=1S/C19H30O8S/c1-2-3-4-5-6-7-8-9-10-11-12-26-28(24,25)27-19(23)15-13-16(20)18(22)17(21)14-15/h13-14,20-22H,2-12H2,1H3. The van der Waals surface area contributed by atoms with Crippen molar-refractivity contribution in [2.45, 2.75) is 71.1 Å². The summed E-state index contributed by atoms with van der Waals surface area (Å²) in [4.78, 5) is 11.8. The topological polar surface area (TPSA) is 130 Å². The number of hydrogen-bond acceptors (Lipinski definition) is 8. The third-order valence-corrected chi connectivity index (χ3v) is 5.02. The molecule has 3 N–H and O–H groups in total. The van der Waals surface area contributed by atoms with Crippen LogP contribution in [0.1, 0.15) is 81.5 Å². The molecule has 0 aromatic heterocycles. The quantitative estimate of drug-likeness (QED) is 0.303. The van der Waals surface area contributed by atoms with Gasteiger partial charge in [-0.3, -0.25) is 0 Å². The molecule has 1 aromatic rings. The minimum Gasteiger partial charge on any atom is -0.504 e. The second-order valence-corrected chi connectivity index (χ2v) is 7.86. The molecule has 8 nitrogen and oxygen atoms in total. The molecule has 0 atom stereocenters. The summed E-state index contributed by atoms with van der Waals surface area (Å²) in [5.41, 5.74) is -0.445. The highest BCUT2D eigenvalue weighted by molar-refractivity contribution is 7.82. The van der Waals surface area contributed by atoms with Gasteiger partial charge in [0.05, 0.1) is 12.2 Å². The Morgan fingerprint density at radius 1 is 0.857 bits per heavy atom. The van der Waals surface area contributed by atoms with Gasteiger partial charge in [-0.25, -0.2) is 8.98 Å². The number of carbonyl (C=O) groups excluding carboxylic acids is 1. The van der Waals surface area contributed by atoms with Crippen molar-refractivity contribution in [1.29, 1.82) is 0 Å². The number of aromatic hydroxyl groups is 3. The zero-order chi connectivity index (χ0) is 21.0. The van der Waals surface area contributed by atoms with Gasteiger partial charge in [-0.05, 0) is 18.6 Å². The maximum absolute atomic E-state index is 11.8. The molecule has 0 aliphatic carbocycles. The number of hydrogen-bond donors (Lipinski definition) is 3. The van der Waals surface area contributed by atoms with Crippen molar-refractivity contribution in [3.63, 3.8) is 0 Å². The van der Waals surface area contributed by atoms with E-state index in [1.54, 1.807) is 0 Å². The van der Waals surface area contributed by atoms with Crippen LogP contribution in [0, 0.1) is 0 Å². The summed E-state index contributed by atoms with van der Waals surface area (Å²) in [5, 5.41) is 27.9. The maximum Gasteiger partial charge on any atom is 0.451 e. The van der Waals surface area contributed by atoms with Gasteiger partial charge in [0.1, 0.15) is 0 Å². The van der Waals surface area contributed by atoms with Crippen LogP contribution in [0.25, 0.3) is 0 Å². The highest BCUT2D eigenvalue weighted by atomic mass is 32.3. The third-order valence-electron chi connectivity index (χ3n) is 4.21. The summed E-state index contributed by atoms with van der Waals surface area (Å²) in [6.07, 6.45) is 10.9. The maximum atomic E-state index is 11.8.